The molecule has 2 aromatic carbocycles. The molecule has 172 valence electrons. The van der Waals surface area contributed by atoms with Crippen LogP contribution in [0.5, 0.6) is 11.5 Å². The van der Waals surface area contributed by atoms with Gasteiger partial charge in [-0.05, 0) is 61.4 Å². The number of hydrogen-bond acceptors (Lipinski definition) is 4. The van der Waals surface area contributed by atoms with Gasteiger partial charge in [-0.25, -0.2) is 9.18 Å². The monoisotopic (exact) mass is 463 g/mol. The molecule has 2 aromatic rings. The molecule has 0 atom stereocenters. The third-order valence-electron chi connectivity index (χ3n) is 6.27. The molecule has 0 spiro atoms. The predicted molar refractivity (Wildman–Crippen MR) is 120 cm³/mol. The lowest BCUT2D eigenvalue weighted by atomic mass is 9.75. The normalized spacial score (nSPS) is 20.5. The third kappa shape index (κ3) is 4.67. The molecule has 1 aliphatic rings. The van der Waals surface area contributed by atoms with E-state index in [1.54, 1.807) is 18.2 Å². The van der Waals surface area contributed by atoms with E-state index in [0.717, 1.165) is 25.3 Å². The molecule has 0 radical (unpaired) electrons. The lowest BCUT2D eigenvalue weighted by molar-refractivity contribution is -0.146. The first kappa shape index (κ1) is 23.9. The highest BCUT2D eigenvalue weighted by atomic mass is 35.5. The summed E-state index contributed by atoms with van der Waals surface area (Å²) in [5.41, 5.74) is -0.509. The fourth-order valence-corrected chi connectivity index (χ4v) is 4.50. The molecule has 1 amide bonds. The van der Waals surface area contributed by atoms with Gasteiger partial charge in [0.25, 0.3) is 5.91 Å². The van der Waals surface area contributed by atoms with E-state index in [0.29, 0.717) is 40.7 Å². The number of ether oxygens (including phenoxy) is 2. The zero-order valence-electron chi connectivity index (χ0n) is 18.3. The fraction of sp³-hybridized carbons (Fsp3) is 0.417. The zero-order chi connectivity index (χ0) is 23.5. The number of benzene rings is 2. The van der Waals surface area contributed by atoms with Crippen LogP contribution < -0.4 is 14.8 Å². The quantitative estimate of drug-likeness (QED) is 0.580. The Labute approximate surface area is 191 Å². The molecule has 0 unspecified atom stereocenters. The van der Waals surface area contributed by atoms with Gasteiger partial charge in [-0.1, -0.05) is 31.0 Å². The Balaban J connectivity index is 1.97. The molecule has 1 saturated carbocycles. The molecule has 0 saturated heterocycles. The second-order valence-electron chi connectivity index (χ2n) is 8.08. The molecule has 0 bridgehead atoms. The van der Waals surface area contributed by atoms with Crippen LogP contribution in [0.15, 0.2) is 30.3 Å². The minimum atomic E-state index is -1.36. The van der Waals surface area contributed by atoms with Crippen molar-refractivity contribution in [1.29, 1.82) is 0 Å². The van der Waals surface area contributed by atoms with E-state index in [-0.39, 0.29) is 11.3 Å². The minimum Gasteiger partial charge on any atom is -0.495 e. The van der Waals surface area contributed by atoms with Gasteiger partial charge >= 0.3 is 5.97 Å². The molecule has 0 aromatic heterocycles. The van der Waals surface area contributed by atoms with Crippen molar-refractivity contribution in [2.75, 3.05) is 14.2 Å². The largest absolute Gasteiger partial charge is 0.495 e. The van der Waals surface area contributed by atoms with Crippen LogP contribution in [-0.4, -0.2) is 36.7 Å². The summed E-state index contributed by atoms with van der Waals surface area (Å²) in [4.78, 5) is 25.1. The van der Waals surface area contributed by atoms with E-state index < -0.39 is 23.2 Å². The molecule has 0 heterocycles. The number of carbonyl (C=O) groups is 2. The fourth-order valence-electron chi connectivity index (χ4n) is 4.24. The van der Waals surface area contributed by atoms with Crippen LogP contribution >= 0.6 is 11.6 Å². The van der Waals surface area contributed by atoms with Crippen molar-refractivity contribution in [3.63, 3.8) is 0 Å². The van der Waals surface area contributed by atoms with Crippen LogP contribution in [0.2, 0.25) is 5.02 Å². The van der Waals surface area contributed by atoms with Crippen molar-refractivity contribution >= 4 is 23.5 Å². The molecule has 1 fully saturated rings. The Bertz CT molecular complexity index is 1020. The second-order valence-corrected chi connectivity index (χ2v) is 8.49. The summed E-state index contributed by atoms with van der Waals surface area (Å²) in [6, 6.07) is 7.42. The van der Waals surface area contributed by atoms with Crippen molar-refractivity contribution in [2.45, 2.75) is 44.6 Å². The van der Waals surface area contributed by atoms with Gasteiger partial charge in [0.1, 0.15) is 11.3 Å². The van der Waals surface area contributed by atoms with Crippen molar-refractivity contribution in [2.24, 2.45) is 5.92 Å². The van der Waals surface area contributed by atoms with Crippen LogP contribution in [0.25, 0.3) is 11.1 Å². The number of methoxy groups -OCH3 is 2. The molecule has 2 N–H and O–H groups in total. The first-order valence-electron chi connectivity index (χ1n) is 10.5. The van der Waals surface area contributed by atoms with Crippen molar-refractivity contribution in [1.82, 2.24) is 5.32 Å². The van der Waals surface area contributed by atoms with Gasteiger partial charge in [0.2, 0.25) is 0 Å². The van der Waals surface area contributed by atoms with Crippen molar-refractivity contribution < 1.29 is 28.6 Å². The maximum atomic E-state index is 14.9. The molecule has 3 rings (SSSR count). The summed E-state index contributed by atoms with van der Waals surface area (Å²) in [5, 5.41) is 12.9. The first-order chi connectivity index (χ1) is 15.2. The van der Waals surface area contributed by atoms with E-state index in [2.05, 4.69) is 12.2 Å². The first-order valence-corrected chi connectivity index (χ1v) is 10.9. The summed E-state index contributed by atoms with van der Waals surface area (Å²) in [6.07, 6.45) is 3.09. The highest BCUT2D eigenvalue weighted by Crippen LogP contribution is 2.38. The Hall–Kier alpha value is -2.80. The lowest BCUT2D eigenvalue weighted by Gasteiger charge is -2.37. The van der Waals surface area contributed by atoms with Gasteiger partial charge in [0.05, 0.1) is 19.2 Å². The highest BCUT2D eigenvalue weighted by molar-refractivity contribution is 6.32. The van der Waals surface area contributed by atoms with E-state index in [4.69, 9.17) is 21.1 Å². The zero-order valence-corrected chi connectivity index (χ0v) is 19.1. The maximum absolute atomic E-state index is 14.9. The lowest BCUT2D eigenvalue weighted by Crippen LogP contribution is -2.56. The average molecular weight is 464 g/mol. The van der Waals surface area contributed by atoms with E-state index in [1.165, 1.54) is 20.3 Å². The van der Waals surface area contributed by atoms with Gasteiger partial charge in [0, 0.05) is 11.1 Å². The Kier molecular flexibility index (Phi) is 7.29. The van der Waals surface area contributed by atoms with Gasteiger partial charge < -0.3 is 19.9 Å². The molecule has 0 aliphatic heterocycles. The number of hydrogen-bond donors (Lipinski definition) is 2. The van der Waals surface area contributed by atoms with Crippen molar-refractivity contribution in [3.8, 4) is 22.6 Å². The van der Waals surface area contributed by atoms with Gasteiger partial charge in [-0.15, -0.1) is 0 Å². The van der Waals surface area contributed by atoms with Gasteiger partial charge in [-0.2, -0.15) is 0 Å². The SMILES string of the molecule is CC[C@H]1CC[C@](NC(=O)c2cc(F)c(OC)c(-c3ccc(OC)c(Cl)c3)c2)(C(=O)O)CC1. The molecule has 1 aliphatic carbocycles. The average Bonchev–Trinajstić information content (AvgIpc) is 2.78. The number of nitrogens with one attached hydrogen (secondary N) is 1. The molecule has 6 nitrogen and oxygen atoms in total. The van der Waals surface area contributed by atoms with Gasteiger partial charge in [-0.3, -0.25) is 4.79 Å². The predicted octanol–water partition coefficient (Wildman–Crippen LogP) is 5.32. The summed E-state index contributed by atoms with van der Waals surface area (Å²) in [5.74, 6) is -1.60. The maximum Gasteiger partial charge on any atom is 0.329 e. The van der Waals surface area contributed by atoms with Crippen molar-refractivity contribution in [3.05, 3.63) is 46.7 Å². The van der Waals surface area contributed by atoms with Crippen LogP contribution in [0.4, 0.5) is 4.39 Å². The minimum absolute atomic E-state index is 0.00322. The number of carboxylic acids is 1. The number of rotatable bonds is 7. The van der Waals surface area contributed by atoms with E-state index in [1.807, 2.05) is 0 Å². The number of aliphatic carboxylic acids is 1. The standard InChI is InChI=1S/C24H27ClFNO5/c1-4-14-7-9-24(10-8-14,23(29)30)27-22(28)16-11-17(21(32-3)19(26)13-16)15-5-6-20(31-2)18(25)12-15/h5-6,11-14H,4,7-10H2,1-3H3,(H,27,28)(H,29,30)/t14-,24+. The number of halogens is 2. The second kappa shape index (κ2) is 9.77. The summed E-state index contributed by atoms with van der Waals surface area (Å²) < 4.78 is 25.2. The number of carboxylic acid groups (broad SMARTS) is 1. The molecule has 8 heteroatoms. The van der Waals surface area contributed by atoms with Crippen LogP contribution in [0.3, 0.4) is 0 Å². The molecule has 32 heavy (non-hydrogen) atoms. The molecular weight excluding hydrogens is 437 g/mol. The van der Waals surface area contributed by atoms with E-state index >= 15 is 0 Å². The smallest absolute Gasteiger partial charge is 0.329 e. The summed E-state index contributed by atoms with van der Waals surface area (Å²) in [6.45, 7) is 2.07. The topological polar surface area (TPSA) is 84.9 Å². The number of carbonyl (C=O) groups excluding carboxylic acids is 1. The Morgan fingerprint density at radius 1 is 1.19 bits per heavy atom. The Morgan fingerprint density at radius 3 is 2.41 bits per heavy atom. The van der Waals surface area contributed by atoms with Crippen LogP contribution in [0, 0.1) is 11.7 Å². The van der Waals surface area contributed by atoms with E-state index in [9.17, 15) is 19.1 Å². The summed E-state index contributed by atoms with van der Waals surface area (Å²) in [7, 11) is 2.82. The van der Waals surface area contributed by atoms with Crippen LogP contribution in [0.1, 0.15) is 49.4 Å². The Morgan fingerprint density at radius 2 is 1.88 bits per heavy atom. The number of amides is 1. The van der Waals surface area contributed by atoms with Gasteiger partial charge in [0.15, 0.2) is 11.6 Å². The molecular formula is C24H27ClFNO5. The summed E-state index contributed by atoms with van der Waals surface area (Å²) >= 11 is 6.22. The third-order valence-corrected chi connectivity index (χ3v) is 6.57. The van der Waals surface area contributed by atoms with Crippen LogP contribution in [-0.2, 0) is 4.79 Å². The highest BCUT2D eigenvalue weighted by Gasteiger charge is 2.43.